The van der Waals surface area contributed by atoms with E-state index in [1.165, 1.54) is 16.9 Å². The lowest BCUT2D eigenvalue weighted by Gasteiger charge is -2.30. The van der Waals surface area contributed by atoms with Gasteiger partial charge in [-0.1, -0.05) is 41.9 Å². The topological polar surface area (TPSA) is 29.5 Å². The van der Waals surface area contributed by atoms with Gasteiger partial charge < -0.3 is 4.74 Å². The maximum atomic E-state index is 12.7. The summed E-state index contributed by atoms with van der Waals surface area (Å²) in [5.74, 6) is -0.277. The molecule has 0 aliphatic carbocycles. The molecule has 0 spiro atoms. The number of halogens is 1. The smallest absolute Gasteiger partial charge is 0.327 e. The fourth-order valence-electron chi connectivity index (χ4n) is 3.07. The number of carbonyl (C=O) groups is 1. The van der Waals surface area contributed by atoms with Crippen LogP contribution in [0.15, 0.2) is 59.3 Å². The summed E-state index contributed by atoms with van der Waals surface area (Å²) in [6.45, 7) is 1.52. The normalized spacial score (nSPS) is 12.3. The Morgan fingerprint density at radius 2 is 1.59 bits per heavy atom. The highest BCUT2D eigenvalue weighted by Gasteiger charge is 2.30. The molecular formula is C21H22ClNO2S2. The van der Waals surface area contributed by atoms with Gasteiger partial charge in [0.2, 0.25) is 0 Å². The van der Waals surface area contributed by atoms with Crippen molar-refractivity contribution in [2.75, 3.05) is 20.2 Å². The van der Waals surface area contributed by atoms with Crippen LogP contribution in [0.1, 0.15) is 21.4 Å². The van der Waals surface area contributed by atoms with Crippen LogP contribution in [0.3, 0.4) is 0 Å². The van der Waals surface area contributed by atoms with Gasteiger partial charge in [-0.2, -0.15) is 0 Å². The van der Waals surface area contributed by atoms with Crippen LogP contribution in [0, 0.1) is 0 Å². The number of hydrogen-bond donors (Lipinski definition) is 0. The first-order valence-electron chi connectivity index (χ1n) is 8.80. The standard InChI is InChI=1S/C21H22ClNO2S2/c1-25-21(24)20(18-8-2-3-9-19(18)22)23(12-10-16-6-4-14-26-16)13-11-17-7-5-15-27-17/h2-9,14-15,20H,10-13H2,1H3. The van der Waals surface area contributed by atoms with Gasteiger partial charge in [0.1, 0.15) is 6.04 Å². The van der Waals surface area contributed by atoms with Crippen LogP contribution >= 0.6 is 34.3 Å². The molecule has 0 bridgehead atoms. The number of rotatable bonds is 9. The zero-order valence-corrected chi connectivity index (χ0v) is 17.5. The zero-order valence-electron chi connectivity index (χ0n) is 15.1. The Morgan fingerprint density at radius 3 is 2.07 bits per heavy atom. The van der Waals surface area contributed by atoms with E-state index in [4.69, 9.17) is 16.3 Å². The van der Waals surface area contributed by atoms with E-state index in [1.807, 2.05) is 24.3 Å². The van der Waals surface area contributed by atoms with Crippen molar-refractivity contribution in [3.8, 4) is 0 Å². The Hall–Kier alpha value is -1.66. The predicted molar refractivity (Wildman–Crippen MR) is 114 cm³/mol. The predicted octanol–water partition coefficient (Wildman–Crippen LogP) is 5.46. The van der Waals surface area contributed by atoms with Gasteiger partial charge in [-0.3, -0.25) is 4.90 Å². The number of thiophene rings is 2. The second-order valence-electron chi connectivity index (χ2n) is 6.14. The number of carbonyl (C=O) groups excluding carboxylic acids is 1. The highest BCUT2D eigenvalue weighted by molar-refractivity contribution is 7.10. The molecule has 0 saturated carbocycles. The highest BCUT2D eigenvalue weighted by Crippen LogP contribution is 2.29. The van der Waals surface area contributed by atoms with Crippen LogP contribution in [0.2, 0.25) is 5.02 Å². The minimum absolute atomic E-state index is 0.277. The first-order valence-corrected chi connectivity index (χ1v) is 10.9. The molecule has 0 fully saturated rings. The molecule has 0 radical (unpaired) electrons. The summed E-state index contributed by atoms with van der Waals surface area (Å²) in [7, 11) is 1.43. The van der Waals surface area contributed by atoms with Gasteiger partial charge in [0.05, 0.1) is 7.11 Å². The molecule has 6 heteroatoms. The van der Waals surface area contributed by atoms with Crippen molar-refractivity contribution >= 4 is 40.2 Å². The van der Waals surface area contributed by atoms with Crippen molar-refractivity contribution in [2.45, 2.75) is 18.9 Å². The van der Waals surface area contributed by atoms with E-state index in [1.54, 1.807) is 22.7 Å². The van der Waals surface area contributed by atoms with Crippen LogP contribution in [-0.2, 0) is 22.4 Å². The van der Waals surface area contributed by atoms with Crippen LogP contribution in [0.5, 0.6) is 0 Å². The summed E-state index contributed by atoms with van der Waals surface area (Å²) in [6, 6.07) is 15.4. The molecule has 3 nitrogen and oxygen atoms in total. The third-order valence-corrected chi connectivity index (χ3v) is 6.66. The van der Waals surface area contributed by atoms with Gasteiger partial charge in [-0.05, 0) is 47.4 Å². The third kappa shape index (κ3) is 5.42. The van der Waals surface area contributed by atoms with E-state index in [9.17, 15) is 4.79 Å². The quantitative estimate of drug-likeness (QED) is 0.431. The second kappa shape index (κ2) is 10.0. The van der Waals surface area contributed by atoms with Crippen molar-refractivity contribution in [1.29, 1.82) is 0 Å². The number of benzene rings is 1. The Labute approximate surface area is 173 Å². The van der Waals surface area contributed by atoms with Crippen LogP contribution in [0.4, 0.5) is 0 Å². The minimum Gasteiger partial charge on any atom is -0.468 e. The molecule has 2 aromatic heterocycles. The van der Waals surface area contributed by atoms with Crippen molar-refractivity contribution in [2.24, 2.45) is 0 Å². The third-order valence-electron chi connectivity index (χ3n) is 4.44. The zero-order chi connectivity index (χ0) is 19.1. The van der Waals surface area contributed by atoms with Crippen molar-refractivity contribution in [1.82, 2.24) is 4.90 Å². The lowest BCUT2D eigenvalue weighted by atomic mass is 10.0. The lowest BCUT2D eigenvalue weighted by Crippen LogP contribution is -2.38. The fraction of sp³-hybridized carbons (Fsp3) is 0.286. The van der Waals surface area contributed by atoms with Crippen LogP contribution < -0.4 is 0 Å². The van der Waals surface area contributed by atoms with E-state index < -0.39 is 6.04 Å². The first-order chi connectivity index (χ1) is 13.2. The summed E-state index contributed by atoms with van der Waals surface area (Å²) in [5.41, 5.74) is 0.795. The maximum absolute atomic E-state index is 12.7. The summed E-state index contributed by atoms with van der Waals surface area (Å²) in [6.07, 6.45) is 1.78. The minimum atomic E-state index is -0.511. The van der Waals surface area contributed by atoms with E-state index >= 15 is 0 Å². The Morgan fingerprint density at radius 1 is 1.00 bits per heavy atom. The molecule has 1 aromatic carbocycles. The van der Waals surface area contributed by atoms with Gasteiger partial charge in [-0.25, -0.2) is 4.79 Å². The average molecular weight is 420 g/mol. The van der Waals surface area contributed by atoms with E-state index in [0.29, 0.717) is 5.02 Å². The van der Waals surface area contributed by atoms with E-state index in [0.717, 1.165) is 31.5 Å². The van der Waals surface area contributed by atoms with Gasteiger partial charge in [0.25, 0.3) is 0 Å². The lowest BCUT2D eigenvalue weighted by molar-refractivity contribution is -0.147. The molecule has 1 atom stereocenters. The van der Waals surface area contributed by atoms with E-state index in [-0.39, 0.29) is 5.97 Å². The molecule has 0 amide bonds. The van der Waals surface area contributed by atoms with Gasteiger partial charge in [0, 0.05) is 27.9 Å². The van der Waals surface area contributed by atoms with Crippen molar-refractivity contribution in [3.05, 3.63) is 79.6 Å². The molecule has 0 N–H and O–H groups in total. The molecule has 27 heavy (non-hydrogen) atoms. The Bertz CT molecular complexity index is 796. The summed E-state index contributed by atoms with van der Waals surface area (Å²) < 4.78 is 5.14. The largest absolute Gasteiger partial charge is 0.468 e. The number of hydrogen-bond acceptors (Lipinski definition) is 5. The molecule has 0 aliphatic rings. The molecule has 1 unspecified atom stereocenters. The van der Waals surface area contributed by atoms with Crippen molar-refractivity contribution < 1.29 is 9.53 Å². The molecule has 2 heterocycles. The molecule has 3 aromatic rings. The Balaban J connectivity index is 1.85. The summed E-state index contributed by atoms with van der Waals surface area (Å²) in [4.78, 5) is 17.5. The summed E-state index contributed by atoms with van der Waals surface area (Å²) in [5, 5.41) is 4.75. The van der Waals surface area contributed by atoms with Gasteiger partial charge >= 0.3 is 5.97 Å². The molecule has 142 valence electrons. The molecule has 3 rings (SSSR count). The number of ether oxygens (including phenoxy) is 1. The number of methoxy groups -OCH3 is 1. The number of nitrogens with zero attached hydrogens (tertiary/aromatic N) is 1. The highest BCUT2D eigenvalue weighted by atomic mass is 35.5. The maximum Gasteiger partial charge on any atom is 0.327 e. The first kappa shape index (κ1) is 20.1. The van der Waals surface area contributed by atoms with E-state index in [2.05, 4.69) is 39.9 Å². The monoisotopic (exact) mass is 419 g/mol. The second-order valence-corrected chi connectivity index (χ2v) is 8.61. The molecular weight excluding hydrogens is 398 g/mol. The average Bonchev–Trinajstić information content (AvgIpc) is 3.38. The van der Waals surface area contributed by atoms with Crippen molar-refractivity contribution in [3.63, 3.8) is 0 Å². The van der Waals surface area contributed by atoms with Crippen LogP contribution in [0.25, 0.3) is 0 Å². The Kier molecular flexibility index (Phi) is 7.47. The van der Waals surface area contributed by atoms with Gasteiger partial charge in [0.15, 0.2) is 0 Å². The summed E-state index contributed by atoms with van der Waals surface area (Å²) >= 11 is 9.91. The van der Waals surface area contributed by atoms with Crippen LogP contribution in [-0.4, -0.2) is 31.1 Å². The SMILES string of the molecule is COC(=O)C(c1ccccc1Cl)N(CCc1cccs1)CCc1cccs1. The fourth-order valence-corrected chi connectivity index (χ4v) is 4.70. The number of esters is 1. The van der Waals surface area contributed by atoms with Gasteiger partial charge in [-0.15, -0.1) is 22.7 Å². The molecule has 0 saturated heterocycles. The molecule has 0 aliphatic heterocycles.